The summed E-state index contributed by atoms with van der Waals surface area (Å²) in [6.45, 7) is 2.29. The topological polar surface area (TPSA) is 61.2 Å². The third-order valence-corrected chi connectivity index (χ3v) is 4.40. The summed E-state index contributed by atoms with van der Waals surface area (Å²) in [5.41, 5.74) is 1.63. The second kappa shape index (κ2) is 7.61. The Hall–Kier alpha value is -2.47. The smallest absolute Gasteiger partial charge is 0.312 e. The van der Waals surface area contributed by atoms with Crippen LogP contribution in [0.1, 0.15) is 18.9 Å². The van der Waals surface area contributed by atoms with Gasteiger partial charge in [-0.2, -0.15) is 0 Å². The monoisotopic (exact) mass is 400 g/mol. The standard InChI is InChI=1S/C19H17BrN2O3/c1-2-13-3-6-15(7-4-13)25-18(23)9-10-22-12-21-17-8-5-14(20)11-16(17)19(22)24/h3-8,11-12H,2,9-10H2,1H3. The number of aromatic nitrogens is 2. The van der Waals surface area contributed by atoms with E-state index in [-0.39, 0.29) is 24.5 Å². The first kappa shape index (κ1) is 17.4. The highest BCUT2D eigenvalue weighted by Crippen LogP contribution is 2.15. The fourth-order valence-corrected chi connectivity index (χ4v) is 2.84. The Kier molecular flexibility index (Phi) is 5.28. The van der Waals surface area contributed by atoms with Crippen molar-refractivity contribution in [1.29, 1.82) is 0 Å². The zero-order chi connectivity index (χ0) is 17.8. The molecule has 3 aromatic rings. The SMILES string of the molecule is CCc1ccc(OC(=O)CCn2cnc3ccc(Br)cc3c2=O)cc1. The number of benzene rings is 2. The Bertz CT molecular complexity index is 965. The van der Waals surface area contributed by atoms with Gasteiger partial charge in [-0.25, -0.2) is 4.98 Å². The second-order valence-corrected chi connectivity index (χ2v) is 6.54. The molecule has 0 atom stereocenters. The summed E-state index contributed by atoms with van der Waals surface area (Å²) in [5, 5.41) is 0.514. The lowest BCUT2D eigenvalue weighted by Crippen LogP contribution is -2.23. The van der Waals surface area contributed by atoms with E-state index in [1.807, 2.05) is 18.2 Å². The predicted molar refractivity (Wildman–Crippen MR) is 99.8 cm³/mol. The summed E-state index contributed by atoms with van der Waals surface area (Å²) in [6.07, 6.45) is 2.49. The molecule has 0 unspecified atom stereocenters. The van der Waals surface area contributed by atoms with Crippen molar-refractivity contribution >= 4 is 32.8 Å². The summed E-state index contributed by atoms with van der Waals surface area (Å²) in [4.78, 5) is 28.7. The van der Waals surface area contributed by atoms with Crippen LogP contribution in [-0.2, 0) is 17.8 Å². The average Bonchev–Trinajstić information content (AvgIpc) is 2.62. The van der Waals surface area contributed by atoms with Crippen molar-refractivity contribution in [2.45, 2.75) is 26.3 Å². The fraction of sp³-hybridized carbons (Fsp3) is 0.211. The first-order valence-corrected chi connectivity index (χ1v) is 8.80. The number of carbonyl (C=O) groups excluding carboxylic acids is 1. The van der Waals surface area contributed by atoms with Crippen LogP contribution in [0.15, 0.2) is 58.1 Å². The summed E-state index contributed by atoms with van der Waals surface area (Å²) in [6, 6.07) is 12.8. The molecule has 0 saturated heterocycles. The molecule has 0 radical (unpaired) electrons. The molecule has 3 rings (SSSR count). The maximum atomic E-state index is 12.5. The van der Waals surface area contributed by atoms with E-state index in [1.54, 1.807) is 24.3 Å². The minimum atomic E-state index is -0.384. The number of hydrogen-bond donors (Lipinski definition) is 0. The molecular formula is C19H17BrN2O3. The van der Waals surface area contributed by atoms with Crippen LogP contribution in [0, 0.1) is 0 Å². The van der Waals surface area contributed by atoms with Crippen molar-refractivity contribution in [3.63, 3.8) is 0 Å². The molecule has 25 heavy (non-hydrogen) atoms. The van der Waals surface area contributed by atoms with Gasteiger partial charge in [0, 0.05) is 11.0 Å². The molecule has 0 aliphatic carbocycles. The molecular weight excluding hydrogens is 384 g/mol. The third-order valence-electron chi connectivity index (χ3n) is 3.91. The molecule has 128 valence electrons. The zero-order valence-electron chi connectivity index (χ0n) is 13.7. The summed E-state index contributed by atoms with van der Waals surface area (Å²) >= 11 is 3.35. The van der Waals surface area contributed by atoms with E-state index in [0.29, 0.717) is 16.7 Å². The molecule has 6 heteroatoms. The van der Waals surface area contributed by atoms with E-state index in [9.17, 15) is 9.59 Å². The van der Waals surface area contributed by atoms with Crippen LogP contribution < -0.4 is 10.3 Å². The van der Waals surface area contributed by atoms with E-state index in [2.05, 4.69) is 27.8 Å². The quantitative estimate of drug-likeness (QED) is 0.483. The molecule has 0 spiro atoms. The van der Waals surface area contributed by atoms with Crippen molar-refractivity contribution in [2.24, 2.45) is 0 Å². The normalized spacial score (nSPS) is 10.8. The number of rotatable bonds is 5. The van der Waals surface area contributed by atoms with E-state index in [1.165, 1.54) is 16.5 Å². The minimum Gasteiger partial charge on any atom is -0.426 e. The predicted octanol–water partition coefficient (Wildman–Crippen LogP) is 3.72. The highest BCUT2D eigenvalue weighted by molar-refractivity contribution is 9.10. The molecule has 0 bridgehead atoms. The van der Waals surface area contributed by atoms with Gasteiger partial charge in [-0.05, 0) is 42.3 Å². The third kappa shape index (κ3) is 4.14. The van der Waals surface area contributed by atoms with Gasteiger partial charge in [0.2, 0.25) is 0 Å². The number of hydrogen-bond acceptors (Lipinski definition) is 4. The van der Waals surface area contributed by atoms with Gasteiger partial charge < -0.3 is 4.74 Å². The van der Waals surface area contributed by atoms with Gasteiger partial charge in [0.25, 0.3) is 5.56 Å². The van der Waals surface area contributed by atoms with Crippen LogP contribution >= 0.6 is 15.9 Å². The Morgan fingerprint density at radius 1 is 1.20 bits per heavy atom. The molecule has 1 aromatic heterocycles. The molecule has 1 heterocycles. The van der Waals surface area contributed by atoms with Crippen molar-refractivity contribution in [1.82, 2.24) is 9.55 Å². The summed E-state index contributed by atoms with van der Waals surface area (Å²) < 4.78 is 7.54. The molecule has 0 N–H and O–H groups in total. The molecule has 2 aromatic carbocycles. The van der Waals surface area contributed by atoms with Crippen molar-refractivity contribution < 1.29 is 9.53 Å². The number of halogens is 1. The molecule has 0 saturated carbocycles. The number of carbonyl (C=O) groups is 1. The fourth-order valence-electron chi connectivity index (χ4n) is 2.48. The number of ether oxygens (including phenoxy) is 1. The van der Waals surface area contributed by atoms with E-state index in [0.717, 1.165) is 10.9 Å². The number of nitrogens with zero attached hydrogens (tertiary/aromatic N) is 2. The van der Waals surface area contributed by atoms with E-state index < -0.39 is 0 Å². The minimum absolute atomic E-state index is 0.0939. The Morgan fingerprint density at radius 3 is 2.68 bits per heavy atom. The van der Waals surface area contributed by atoms with Crippen molar-refractivity contribution in [3.8, 4) is 5.75 Å². The largest absolute Gasteiger partial charge is 0.426 e. The zero-order valence-corrected chi connectivity index (χ0v) is 15.3. The number of esters is 1. The Morgan fingerprint density at radius 2 is 1.96 bits per heavy atom. The maximum absolute atomic E-state index is 12.5. The van der Waals surface area contributed by atoms with Crippen LogP contribution in [0.3, 0.4) is 0 Å². The summed E-state index contributed by atoms with van der Waals surface area (Å²) in [7, 11) is 0. The molecule has 0 aliphatic rings. The van der Waals surface area contributed by atoms with Gasteiger partial charge in [0.15, 0.2) is 0 Å². The van der Waals surface area contributed by atoms with Crippen LogP contribution in [0.5, 0.6) is 5.75 Å². The Balaban J connectivity index is 1.68. The first-order valence-electron chi connectivity index (χ1n) is 8.01. The van der Waals surface area contributed by atoms with Gasteiger partial charge in [-0.3, -0.25) is 14.2 Å². The van der Waals surface area contributed by atoms with Gasteiger partial charge in [-0.1, -0.05) is 35.0 Å². The van der Waals surface area contributed by atoms with Crippen LogP contribution in [0.2, 0.25) is 0 Å². The number of aryl methyl sites for hydroxylation is 2. The van der Waals surface area contributed by atoms with Gasteiger partial charge >= 0.3 is 5.97 Å². The average molecular weight is 401 g/mol. The van der Waals surface area contributed by atoms with Gasteiger partial charge in [0.05, 0.1) is 23.7 Å². The van der Waals surface area contributed by atoms with Crippen LogP contribution in [-0.4, -0.2) is 15.5 Å². The molecule has 0 amide bonds. The van der Waals surface area contributed by atoms with Crippen LogP contribution in [0.25, 0.3) is 10.9 Å². The lowest BCUT2D eigenvalue weighted by molar-refractivity contribution is -0.134. The lowest BCUT2D eigenvalue weighted by atomic mass is 10.2. The van der Waals surface area contributed by atoms with E-state index >= 15 is 0 Å². The summed E-state index contributed by atoms with van der Waals surface area (Å²) in [5.74, 6) is 0.126. The Labute approximate surface area is 153 Å². The van der Waals surface area contributed by atoms with Gasteiger partial charge in [-0.15, -0.1) is 0 Å². The lowest BCUT2D eigenvalue weighted by Gasteiger charge is -2.08. The van der Waals surface area contributed by atoms with Gasteiger partial charge in [0.1, 0.15) is 5.75 Å². The molecule has 5 nitrogen and oxygen atoms in total. The maximum Gasteiger partial charge on any atom is 0.312 e. The number of fused-ring (bicyclic) bond motifs is 1. The molecule has 0 fully saturated rings. The van der Waals surface area contributed by atoms with Crippen molar-refractivity contribution in [3.05, 3.63) is 69.2 Å². The highest BCUT2D eigenvalue weighted by Gasteiger charge is 2.09. The van der Waals surface area contributed by atoms with E-state index in [4.69, 9.17) is 4.74 Å². The second-order valence-electron chi connectivity index (χ2n) is 5.63. The molecule has 0 aliphatic heterocycles. The van der Waals surface area contributed by atoms with Crippen LogP contribution in [0.4, 0.5) is 0 Å². The highest BCUT2D eigenvalue weighted by atomic mass is 79.9. The van der Waals surface area contributed by atoms with Crippen molar-refractivity contribution in [2.75, 3.05) is 0 Å². The first-order chi connectivity index (χ1) is 12.1.